The van der Waals surface area contributed by atoms with Crippen molar-refractivity contribution in [3.8, 4) is 0 Å². The largest absolute Gasteiger partial charge is 0.378 e. The SMILES string of the molecule is CCCOC1CCC(N2CCC(Nc3cc(C)cc(F)c3[N+](=O)[O-])CC2)CC1. The normalized spacial score (nSPS) is 24.2. The Morgan fingerprint density at radius 3 is 2.50 bits per heavy atom. The van der Waals surface area contributed by atoms with Crippen LogP contribution < -0.4 is 5.32 Å². The van der Waals surface area contributed by atoms with Crippen LogP contribution in [0.3, 0.4) is 0 Å². The van der Waals surface area contributed by atoms with Crippen LogP contribution in [0.1, 0.15) is 57.4 Å². The highest BCUT2D eigenvalue weighted by molar-refractivity contribution is 5.64. The average molecular weight is 394 g/mol. The van der Waals surface area contributed by atoms with Crippen LogP contribution in [0.25, 0.3) is 0 Å². The lowest BCUT2D eigenvalue weighted by molar-refractivity contribution is -0.386. The number of benzene rings is 1. The molecule has 1 heterocycles. The third kappa shape index (κ3) is 5.20. The molecule has 1 saturated heterocycles. The predicted octanol–water partition coefficient (Wildman–Crippen LogP) is 4.66. The maximum absolute atomic E-state index is 14.0. The highest BCUT2D eigenvalue weighted by Gasteiger charge is 2.30. The molecule has 1 N–H and O–H groups in total. The van der Waals surface area contributed by atoms with Crippen molar-refractivity contribution >= 4 is 11.4 Å². The van der Waals surface area contributed by atoms with Crippen molar-refractivity contribution in [3.05, 3.63) is 33.6 Å². The van der Waals surface area contributed by atoms with Gasteiger partial charge in [-0.15, -0.1) is 0 Å². The topological polar surface area (TPSA) is 67.6 Å². The second-order valence-electron chi connectivity index (χ2n) is 8.16. The molecule has 3 rings (SSSR count). The third-order valence-electron chi connectivity index (χ3n) is 6.00. The van der Waals surface area contributed by atoms with Crippen molar-refractivity contribution in [3.63, 3.8) is 0 Å². The summed E-state index contributed by atoms with van der Waals surface area (Å²) in [6, 6.07) is 3.64. The van der Waals surface area contributed by atoms with Crippen molar-refractivity contribution in [1.29, 1.82) is 0 Å². The van der Waals surface area contributed by atoms with E-state index < -0.39 is 16.4 Å². The van der Waals surface area contributed by atoms with E-state index in [0.29, 0.717) is 23.4 Å². The lowest BCUT2D eigenvalue weighted by Gasteiger charge is -2.41. The zero-order valence-electron chi connectivity index (χ0n) is 17.0. The average Bonchev–Trinajstić information content (AvgIpc) is 2.66. The number of halogens is 1. The van der Waals surface area contributed by atoms with Crippen molar-refractivity contribution in [1.82, 2.24) is 4.90 Å². The summed E-state index contributed by atoms with van der Waals surface area (Å²) in [5.41, 5.74) is 0.540. The minimum atomic E-state index is -0.771. The molecule has 1 saturated carbocycles. The quantitative estimate of drug-likeness (QED) is 0.539. The summed E-state index contributed by atoms with van der Waals surface area (Å²) < 4.78 is 19.9. The highest BCUT2D eigenvalue weighted by Crippen LogP contribution is 2.32. The van der Waals surface area contributed by atoms with Crippen LogP contribution >= 0.6 is 0 Å². The van der Waals surface area contributed by atoms with Gasteiger partial charge in [-0.05, 0) is 69.6 Å². The lowest BCUT2D eigenvalue weighted by atomic mass is 9.90. The fraction of sp³-hybridized carbons (Fsp3) is 0.714. The van der Waals surface area contributed by atoms with Gasteiger partial charge in [-0.1, -0.05) is 6.92 Å². The maximum Gasteiger partial charge on any atom is 0.327 e. The number of nitro benzene ring substituents is 1. The molecule has 0 spiro atoms. The summed E-state index contributed by atoms with van der Waals surface area (Å²) in [5.74, 6) is -0.771. The smallest absolute Gasteiger partial charge is 0.327 e. The van der Waals surface area contributed by atoms with Crippen LogP contribution in [0.15, 0.2) is 12.1 Å². The molecule has 28 heavy (non-hydrogen) atoms. The van der Waals surface area contributed by atoms with Crippen LogP contribution in [0, 0.1) is 22.9 Å². The molecule has 0 radical (unpaired) electrons. The number of ether oxygens (including phenoxy) is 1. The molecular formula is C21H32FN3O3. The second-order valence-corrected chi connectivity index (χ2v) is 8.16. The summed E-state index contributed by atoms with van der Waals surface area (Å²) in [7, 11) is 0. The Bertz CT molecular complexity index is 669. The summed E-state index contributed by atoms with van der Waals surface area (Å²) in [6.45, 7) is 6.71. The van der Waals surface area contributed by atoms with Gasteiger partial charge in [-0.2, -0.15) is 4.39 Å². The van der Waals surface area contributed by atoms with Gasteiger partial charge in [0.2, 0.25) is 5.82 Å². The number of rotatable bonds is 7. The molecule has 1 aromatic carbocycles. The van der Waals surface area contributed by atoms with Gasteiger partial charge in [-0.25, -0.2) is 0 Å². The van der Waals surface area contributed by atoms with Gasteiger partial charge in [0, 0.05) is 31.8 Å². The molecule has 2 aliphatic rings. The minimum absolute atomic E-state index is 0.139. The van der Waals surface area contributed by atoms with E-state index in [1.165, 1.54) is 18.9 Å². The van der Waals surface area contributed by atoms with Gasteiger partial charge < -0.3 is 15.0 Å². The number of nitro groups is 1. The Kier molecular flexibility index (Phi) is 7.24. The van der Waals surface area contributed by atoms with Crippen LogP contribution in [-0.2, 0) is 4.74 Å². The number of aryl methyl sites for hydroxylation is 1. The molecule has 1 aliphatic carbocycles. The molecule has 156 valence electrons. The van der Waals surface area contributed by atoms with Gasteiger partial charge in [0.25, 0.3) is 0 Å². The van der Waals surface area contributed by atoms with E-state index in [4.69, 9.17) is 4.74 Å². The third-order valence-corrected chi connectivity index (χ3v) is 6.00. The second kappa shape index (κ2) is 9.65. The zero-order valence-corrected chi connectivity index (χ0v) is 17.0. The van der Waals surface area contributed by atoms with Gasteiger partial charge in [-0.3, -0.25) is 10.1 Å². The summed E-state index contributed by atoms with van der Waals surface area (Å²) in [6.07, 6.45) is 7.96. The van der Waals surface area contributed by atoms with Crippen molar-refractivity contribution < 1.29 is 14.1 Å². The first-order valence-electron chi connectivity index (χ1n) is 10.5. The van der Waals surface area contributed by atoms with Crippen molar-refractivity contribution in [2.24, 2.45) is 0 Å². The summed E-state index contributed by atoms with van der Waals surface area (Å²) in [5, 5.41) is 14.5. The van der Waals surface area contributed by atoms with E-state index >= 15 is 0 Å². The molecule has 0 bridgehead atoms. The van der Waals surface area contributed by atoms with Gasteiger partial charge in [0.05, 0.1) is 11.0 Å². The first-order valence-corrected chi connectivity index (χ1v) is 10.5. The van der Waals surface area contributed by atoms with Crippen molar-refractivity contribution in [2.45, 2.75) is 77.0 Å². The van der Waals surface area contributed by atoms with Gasteiger partial charge in [0.15, 0.2) is 0 Å². The molecular weight excluding hydrogens is 361 g/mol. The van der Waals surface area contributed by atoms with Gasteiger partial charge in [0.1, 0.15) is 5.69 Å². The van der Waals surface area contributed by atoms with E-state index in [0.717, 1.165) is 51.8 Å². The number of hydrogen-bond donors (Lipinski definition) is 1. The summed E-state index contributed by atoms with van der Waals surface area (Å²) in [4.78, 5) is 13.2. The Labute approximate surface area is 166 Å². The first-order chi connectivity index (χ1) is 13.5. The number of nitrogens with one attached hydrogen (secondary N) is 1. The Balaban J connectivity index is 1.51. The van der Waals surface area contributed by atoms with E-state index in [1.807, 2.05) is 0 Å². The standard InChI is InChI=1S/C21H32FN3O3/c1-3-12-28-18-6-4-17(5-7-18)24-10-8-16(9-11-24)23-20-14-15(2)13-19(22)21(20)25(26)27/h13-14,16-18,23H,3-12H2,1-2H3. The molecule has 0 amide bonds. The maximum atomic E-state index is 14.0. The molecule has 0 unspecified atom stereocenters. The predicted molar refractivity (Wildman–Crippen MR) is 108 cm³/mol. The first kappa shape index (κ1) is 21.0. The van der Waals surface area contributed by atoms with Crippen LogP contribution in [0.2, 0.25) is 0 Å². The Morgan fingerprint density at radius 2 is 1.89 bits per heavy atom. The monoisotopic (exact) mass is 393 g/mol. The van der Waals surface area contributed by atoms with Gasteiger partial charge >= 0.3 is 5.69 Å². The summed E-state index contributed by atoms with van der Waals surface area (Å²) >= 11 is 0. The molecule has 1 aliphatic heterocycles. The van der Waals surface area contributed by atoms with E-state index in [9.17, 15) is 14.5 Å². The number of anilines is 1. The Hall–Kier alpha value is -1.73. The number of likely N-dealkylation sites (tertiary alicyclic amines) is 1. The van der Waals surface area contributed by atoms with E-state index in [1.54, 1.807) is 13.0 Å². The lowest BCUT2D eigenvalue weighted by Crippen LogP contribution is -2.46. The van der Waals surface area contributed by atoms with E-state index in [2.05, 4.69) is 17.1 Å². The van der Waals surface area contributed by atoms with Crippen molar-refractivity contribution in [2.75, 3.05) is 25.0 Å². The fourth-order valence-corrected chi connectivity index (χ4v) is 4.52. The number of hydrogen-bond acceptors (Lipinski definition) is 5. The molecule has 7 heteroatoms. The van der Waals surface area contributed by atoms with E-state index in [-0.39, 0.29) is 6.04 Å². The Morgan fingerprint density at radius 1 is 1.21 bits per heavy atom. The number of piperidine rings is 1. The van der Waals surface area contributed by atoms with Crippen LogP contribution in [0.4, 0.5) is 15.8 Å². The molecule has 0 aromatic heterocycles. The fourth-order valence-electron chi connectivity index (χ4n) is 4.52. The molecule has 2 fully saturated rings. The van der Waals surface area contributed by atoms with Crippen LogP contribution in [0.5, 0.6) is 0 Å². The molecule has 1 aromatic rings. The molecule has 0 atom stereocenters. The minimum Gasteiger partial charge on any atom is -0.378 e. The molecule has 6 nitrogen and oxygen atoms in total. The number of nitrogens with zero attached hydrogens (tertiary/aromatic N) is 2. The van der Waals surface area contributed by atoms with Crippen LogP contribution in [-0.4, -0.2) is 47.7 Å². The highest BCUT2D eigenvalue weighted by atomic mass is 19.1. The zero-order chi connectivity index (χ0) is 20.1.